The van der Waals surface area contributed by atoms with Crippen LogP contribution in [0.15, 0.2) is 5.11 Å². The number of hydrogen-bond acceptors (Lipinski definition) is 3. The number of azide groups is 1. The van der Waals surface area contributed by atoms with Crippen LogP contribution >= 0.6 is 0 Å². The van der Waals surface area contributed by atoms with Crippen LogP contribution in [0.25, 0.3) is 10.4 Å². The van der Waals surface area contributed by atoms with E-state index in [4.69, 9.17) is 10.6 Å². The van der Waals surface area contributed by atoms with Crippen molar-refractivity contribution in [2.45, 2.75) is 0 Å². The highest BCUT2D eigenvalue weighted by molar-refractivity contribution is 4.79. The van der Waals surface area contributed by atoms with Crippen LogP contribution in [0.2, 0.25) is 0 Å². The molecule has 0 spiro atoms. The Labute approximate surface area is 65.2 Å². The van der Waals surface area contributed by atoms with Gasteiger partial charge in [-0.05, 0) is 5.53 Å². The zero-order valence-electron chi connectivity index (χ0n) is 6.35. The fourth-order valence-corrected chi connectivity index (χ4v) is 1.21. The van der Waals surface area contributed by atoms with Gasteiger partial charge in [0.25, 0.3) is 0 Å². The standard InChI is InChI=1S/C6H12N4O/c7-9-8-1-2-10-3-6(4-10)5-11/h6,11H,1-5H2. The van der Waals surface area contributed by atoms with Gasteiger partial charge in [0.15, 0.2) is 0 Å². The van der Waals surface area contributed by atoms with Crippen molar-refractivity contribution in [3.05, 3.63) is 10.4 Å². The number of hydrogen-bond donors (Lipinski definition) is 1. The Morgan fingerprint density at radius 1 is 1.64 bits per heavy atom. The minimum absolute atomic E-state index is 0.276. The van der Waals surface area contributed by atoms with Crippen LogP contribution < -0.4 is 0 Å². The zero-order chi connectivity index (χ0) is 8.10. The molecule has 1 heterocycles. The van der Waals surface area contributed by atoms with Crippen molar-refractivity contribution in [3.63, 3.8) is 0 Å². The summed E-state index contributed by atoms with van der Waals surface area (Å²) in [5.41, 5.74) is 7.97. The summed E-state index contributed by atoms with van der Waals surface area (Å²) in [5, 5.41) is 12.1. The molecule has 5 heteroatoms. The molecule has 1 aliphatic rings. The molecule has 0 radical (unpaired) electrons. The van der Waals surface area contributed by atoms with Crippen LogP contribution in [-0.4, -0.2) is 42.8 Å². The third-order valence-electron chi connectivity index (χ3n) is 1.87. The number of aliphatic hydroxyl groups excluding tert-OH is 1. The van der Waals surface area contributed by atoms with Gasteiger partial charge in [0.1, 0.15) is 0 Å². The summed E-state index contributed by atoms with van der Waals surface area (Å²) in [6.07, 6.45) is 0. The molecule has 0 aliphatic carbocycles. The van der Waals surface area contributed by atoms with E-state index in [1.165, 1.54) is 0 Å². The first kappa shape index (κ1) is 8.33. The highest BCUT2D eigenvalue weighted by Gasteiger charge is 2.24. The topological polar surface area (TPSA) is 72.2 Å². The Kier molecular flexibility index (Phi) is 3.16. The van der Waals surface area contributed by atoms with Crippen LogP contribution in [0.1, 0.15) is 0 Å². The van der Waals surface area contributed by atoms with Gasteiger partial charge < -0.3 is 10.0 Å². The summed E-state index contributed by atoms with van der Waals surface area (Å²) < 4.78 is 0. The monoisotopic (exact) mass is 156 g/mol. The molecular formula is C6H12N4O. The van der Waals surface area contributed by atoms with E-state index in [9.17, 15) is 0 Å². The first-order valence-electron chi connectivity index (χ1n) is 3.71. The number of aliphatic hydroxyl groups is 1. The minimum Gasteiger partial charge on any atom is -0.396 e. The van der Waals surface area contributed by atoms with E-state index in [0.717, 1.165) is 19.6 Å². The van der Waals surface area contributed by atoms with Crippen LogP contribution in [0.4, 0.5) is 0 Å². The van der Waals surface area contributed by atoms with Crippen LogP contribution in [0, 0.1) is 5.92 Å². The van der Waals surface area contributed by atoms with Gasteiger partial charge in [0.05, 0.1) is 0 Å². The quantitative estimate of drug-likeness (QED) is 0.359. The molecule has 11 heavy (non-hydrogen) atoms. The molecule has 1 aliphatic heterocycles. The second-order valence-corrected chi connectivity index (χ2v) is 2.76. The van der Waals surface area contributed by atoms with Crippen molar-refractivity contribution in [2.75, 3.05) is 32.8 Å². The lowest BCUT2D eigenvalue weighted by Gasteiger charge is -2.37. The summed E-state index contributed by atoms with van der Waals surface area (Å²) in [6.45, 7) is 3.52. The molecule has 1 rings (SSSR count). The highest BCUT2D eigenvalue weighted by atomic mass is 16.3. The van der Waals surface area contributed by atoms with E-state index in [0.29, 0.717) is 12.5 Å². The highest BCUT2D eigenvalue weighted by Crippen LogP contribution is 2.13. The fourth-order valence-electron chi connectivity index (χ4n) is 1.21. The van der Waals surface area contributed by atoms with Gasteiger partial charge in [-0.1, -0.05) is 5.11 Å². The van der Waals surface area contributed by atoms with Gasteiger partial charge in [-0.2, -0.15) is 0 Å². The summed E-state index contributed by atoms with van der Waals surface area (Å²) in [4.78, 5) is 4.82. The molecule has 0 bridgehead atoms. The third-order valence-corrected chi connectivity index (χ3v) is 1.87. The average Bonchev–Trinajstić information content (AvgIpc) is 1.94. The molecule has 0 amide bonds. The fraction of sp³-hybridized carbons (Fsp3) is 1.00. The Morgan fingerprint density at radius 3 is 2.91 bits per heavy atom. The van der Waals surface area contributed by atoms with Crippen molar-refractivity contribution in [1.82, 2.24) is 4.90 Å². The van der Waals surface area contributed by atoms with Crippen molar-refractivity contribution >= 4 is 0 Å². The lowest BCUT2D eigenvalue weighted by atomic mass is 10.0. The van der Waals surface area contributed by atoms with E-state index < -0.39 is 0 Å². The molecule has 0 unspecified atom stereocenters. The summed E-state index contributed by atoms with van der Waals surface area (Å²) >= 11 is 0. The van der Waals surface area contributed by atoms with Crippen LogP contribution in [0.3, 0.4) is 0 Å². The molecule has 1 fully saturated rings. The van der Waals surface area contributed by atoms with E-state index in [1.807, 2.05) is 0 Å². The largest absolute Gasteiger partial charge is 0.396 e. The second-order valence-electron chi connectivity index (χ2n) is 2.76. The predicted octanol–water partition coefficient (Wildman–Crippen LogP) is 0.221. The van der Waals surface area contributed by atoms with Crippen LogP contribution in [-0.2, 0) is 0 Å². The van der Waals surface area contributed by atoms with E-state index in [-0.39, 0.29) is 6.61 Å². The molecule has 5 nitrogen and oxygen atoms in total. The number of rotatable bonds is 4. The first-order chi connectivity index (χ1) is 5.36. The van der Waals surface area contributed by atoms with E-state index >= 15 is 0 Å². The molecular weight excluding hydrogens is 144 g/mol. The van der Waals surface area contributed by atoms with Gasteiger partial charge in [0.2, 0.25) is 0 Å². The first-order valence-corrected chi connectivity index (χ1v) is 3.71. The van der Waals surface area contributed by atoms with Gasteiger partial charge >= 0.3 is 0 Å². The van der Waals surface area contributed by atoms with Crippen molar-refractivity contribution in [1.29, 1.82) is 0 Å². The lowest BCUT2D eigenvalue weighted by molar-refractivity contribution is 0.0567. The summed E-state index contributed by atoms with van der Waals surface area (Å²) in [7, 11) is 0. The second kappa shape index (κ2) is 4.18. The summed E-state index contributed by atoms with van der Waals surface area (Å²) in [6, 6.07) is 0. The van der Waals surface area contributed by atoms with Crippen molar-refractivity contribution in [3.8, 4) is 0 Å². The van der Waals surface area contributed by atoms with Crippen LogP contribution in [0.5, 0.6) is 0 Å². The molecule has 0 atom stereocenters. The van der Waals surface area contributed by atoms with Gasteiger partial charge in [-0.15, -0.1) is 0 Å². The Bertz CT molecular complexity index is 160. The molecule has 1 saturated heterocycles. The molecule has 0 aromatic carbocycles. The molecule has 0 aromatic heterocycles. The normalized spacial score (nSPS) is 19.0. The molecule has 0 saturated carbocycles. The maximum Gasteiger partial charge on any atom is 0.0483 e. The predicted molar refractivity (Wildman–Crippen MR) is 41.0 cm³/mol. The maximum atomic E-state index is 8.67. The van der Waals surface area contributed by atoms with Crippen molar-refractivity contribution in [2.24, 2.45) is 11.0 Å². The van der Waals surface area contributed by atoms with Crippen molar-refractivity contribution < 1.29 is 5.11 Å². The average molecular weight is 156 g/mol. The lowest BCUT2D eigenvalue weighted by Crippen LogP contribution is -2.49. The number of likely N-dealkylation sites (tertiary alicyclic amines) is 1. The Morgan fingerprint density at radius 2 is 2.36 bits per heavy atom. The Hall–Kier alpha value is -0.770. The maximum absolute atomic E-state index is 8.67. The minimum atomic E-state index is 0.276. The van der Waals surface area contributed by atoms with E-state index in [1.54, 1.807) is 0 Å². The summed E-state index contributed by atoms with van der Waals surface area (Å²) in [5.74, 6) is 0.445. The van der Waals surface area contributed by atoms with Gasteiger partial charge in [-0.25, -0.2) is 0 Å². The smallest absolute Gasteiger partial charge is 0.0483 e. The molecule has 1 N–H and O–H groups in total. The zero-order valence-corrected chi connectivity index (χ0v) is 6.35. The molecule has 62 valence electrons. The van der Waals surface area contributed by atoms with E-state index in [2.05, 4.69) is 14.9 Å². The molecule has 0 aromatic rings. The van der Waals surface area contributed by atoms with Gasteiger partial charge in [-0.3, -0.25) is 0 Å². The number of nitrogens with zero attached hydrogens (tertiary/aromatic N) is 4. The third kappa shape index (κ3) is 2.38. The Balaban J connectivity index is 2.00. The van der Waals surface area contributed by atoms with Gasteiger partial charge in [0, 0.05) is 43.6 Å². The SMILES string of the molecule is [N-]=[N+]=NCCN1CC(CO)C1.